The number of terminal acetylenes is 1. The average molecular weight is 208 g/mol. The van der Waals surface area contributed by atoms with E-state index < -0.39 is 11.6 Å². The number of amides is 2. The molecule has 0 spiro atoms. The first-order valence-corrected chi connectivity index (χ1v) is 5.01. The lowest BCUT2D eigenvalue weighted by molar-refractivity contribution is -0.138. The Bertz CT molecular complexity index is 328. The van der Waals surface area contributed by atoms with Crippen molar-refractivity contribution in [1.82, 2.24) is 10.2 Å². The van der Waals surface area contributed by atoms with Gasteiger partial charge in [0.2, 0.25) is 11.8 Å². The molecule has 4 nitrogen and oxygen atoms in total. The fourth-order valence-electron chi connectivity index (χ4n) is 1.61. The second-order valence-corrected chi connectivity index (χ2v) is 4.15. The maximum absolute atomic E-state index is 11.7. The normalized spacial score (nSPS) is 22.0. The molecule has 0 saturated carbocycles. The summed E-state index contributed by atoms with van der Waals surface area (Å²) >= 11 is 0. The molecule has 1 aliphatic heterocycles. The third-order valence-electron chi connectivity index (χ3n) is 2.46. The van der Waals surface area contributed by atoms with Crippen molar-refractivity contribution in [1.29, 1.82) is 0 Å². The Morgan fingerprint density at radius 1 is 1.60 bits per heavy atom. The first kappa shape index (κ1) is 11.7. The van der Waals surface area contributed by atoms with Crippen molar-refractivity contribution in [2.24, 2.45) is 0 Å². The average Bonchev–Trinajstić information content (AvgIpc) is 2.41. The van der Waals surface area contributed by atoms with E-state index in [0.29, 0.717) is 6.54 Å². The lowest BCUT2D eigenvalue weighted by Crippen LogP contribution is -2.48. The summed E-state index contributed by atoms with van der Waals surface area (Å²) in [7, 11) is 0. The number of hydrogen-bond donors (Lipinski definition) is 1. The second-order valence-electron chi connectivity index (χ2n) is 4.15. The summed E-state index contributed by atoms with van der Waals surface area (Å²) in [6.07, 6.45) is 5.52. The number of imide groups is 1. The number of likely N-dealkylation sites (N-methyl/N-ethyl adjacent to an activating group) is 1. The monoisotopic (exact) mass is 208 g/mol. The molecule has 0 bridgehead atoms. The molecule has 1 N–H and O–H groups in total. The Morgan fingerprint density at radius 3 is 2.60 bits per heavy atom. The topological polar surface area (TPSA) is 49.4 Å². The molecule has 1 aliphatic rings. The Morgan fingerprint density at radius 2 is 2.20 bits per heavy atom. The van der Waals surface area contributed by atoms with Crippen molar-refractivity contribution >= 4 is 11.8 Å². The molecule has 82 valence electrons. The van der Waals surface area contributed by atoms with Gasteiger partial charge in [-0.25, -0.2) is 0 Å². The van der Waals surface area contributed by atoms with Gasteiger partial charge in [0.05, 0.1) is 18.0 Å². The molecule has 0 radical (unpaired) electrons. The van der Waals surface area contributed by atoms with Gasteiger partial charge in [0.25, 0.3) is 0 Å². The van der Waals surface area contributed by atoms with Crippen LogP contribution in [0.25, 0.3) is 0 Å². The largest absolute Gasteiger partial charge is 0.290 e. The fraction of sp³-hybridized carbons (Fsp3) is 0.636. The summed E-state index contributed by atoms with van der Waals surface area (Å²) in [5.74, 6) is 2.24. The van der Waals surface area contributed by atoms with Gasteiger partial charge in [0.15, 0.2) is 0 Å². The summed E-state index contributed by atoms with van der Waals surface area (Å²) in [5.41, 5.74) is -0.565. The van der Waals surface area contributed by atoms with Crippen LogP contribution in [-0.2, 0) is 9.59 Å². The van der Waals surface area contributed by atoms with E-state index in [-0.39, 0.29) is 18.2 Å². The highest BCUT2D eigenvalue weighted by Gasteiger charge is 2.39. The SMILES string of the molecule is C#CC(C)(C)NC1CC(=O)N(CC)C1=O. The molecule has 2 amide bonds. The van der Waals surface area contributed by atoms with Crippen molar-refractivity contribution in [2.45, 2.75) is 38.8 Å². The highest BCUT2D eigenvalue weighted by molar-refractivity contribution is 6.05. The summed E-state index contributed by atoms with van der Waals surface area (Å²) < 4.78 is 0. The number of rotatable bonds is 3. The van der Waals surface area contributed by atoms with Gasteiger partial charge in [-0.1, -0.05) is 5.92 Å². The van der Waals surface area contributed by atoms with Crippen molar-refractivity contribution < 1.29 is 9.59 Å². The number of hydrogen-bond acceptors (Lipinski definition) is 3. The molecule has 0 aliphatic carbocycles. The lowest BCUT2D eigenvalue weighted by atomic mass is 10.0. The van der Waals surface area contributed by atoms with Crippen LogP contribution in [0.3, 0.4) is 0 Å². The van der Waals surface area contributed by atoms with E-state index in [1.54, 1.807) is 20.8 Å². The lowest BCUT2D eigenvalue weighted by Gasteiger charge is -2.23. The van der Waals surface area contributed by atoms with Crippen LogP contribution in [0.4, 0.5) is 0 Å². The molecule has 0 aromatic carbocycles. The van der Waals surface area contributed by atoms with Crippen LogP contribution >= 0.6 is 0 Å². The zero-order chi connectivity index (χ0) is 11.6. The first-order chi connectivity index (χ1) is 6.91. The minimum Gasteiger partial charge on any atom is -0.290 e. The van der Waals surface area contributed by atoms with Crippen molar-refractivity contribution in [2.75, 3.05) is 6.54 Å². The quantitative estimate of drug-likeness (QED) is 0.530. The van der Waals surface area contributed by atoms with E-state index in [1.807, 2.05) is 0 Å². The molecule has 1 atom stereocenters. The number of nitrogens with one attached hydrogen (secondary N) is 1. The highest BCUT2D eigenvalue weighted by Crippen LogP contribution is 2.15. The smallest absolute Gasteiger partial charge is 0.246 e. The number of carbonyl (C=O) groups excluding carboxylic acids is 2. The van der Waals surface area contributed by atoms with Crippen LogP contribution in [0.2, 0.25) is 0 Å². The van der Waals surface area contributed by atoms with Gasteiger partial charge in [0, 0.05) is 6.54 Å². The van der Waals surface area contributed by atoms with E-state index in [4.69, 9.17) is 6.42 Å². The predicted octanol–water partition coefficient (Wildman–Crippen LogP) is 0.135. The summed E-state index contributed by atoms with van der Waals surface area (Å²) in [6.45, 7) is 5.82. The van der Waals surface area contributed by atoms with Gasteiger partial charge in [-0.05, 0) is 20.8 Å². The van der Waals surface area contributed by atoms with Crippen LogP contribution in [0, 0.1) is 12.3 Å². The van der Waals surface area contributed by atoms with E-state index >= 15 is 0 Å². The van der Waals surface area contributed by atoms with E-state index in [9.17, 15) is 9.59 Å². The van der Waals surface area contributed by atoms with Crippen molar-refractivity contribution in [3.63, 3.8) is 0 Å². The van der Waals surface area contributed by atoms with Gasteiger partial charge < -0.3 is 0 Å². The third-order valence-corrected chi connectivity index (χ3v) is 2.46. The predicted molar refractivity (Wildman–Crippen MR) is 56.8 cm³/mol. The molecule has 0 aromatic rings. The van der Waals surface area contributed by atoms with Gasteiger partial charge in [-0.3, -0.25) is 19.8 Å². The summed E-state index contributed by atoms with van der Waals surface area (Å²) in [4.78, 5) is 24.4. The van der Waals surface area contributed by atoms with Crippen molar-refractivity contribution in [3.05, 3.63) is 0 Å². The zero-order valence-corrected chi connectivity index (χ0v) is 9.33. The molecular formula is C11H16N2O2. The Labute approximate surface area is 90.0 Å². The highest BCUT2D eigenvalue weighted by atomic mass is 16.2. The van der Waals surface area contributed by atoms with E-state index in [0.717, 1.165) is 0 Å². The van der Waals surface area contributed by atoms with Crippen LogP contribution in [0.15, 0.2) is 0 Å². The molecule has 1 heterocycles. The Hall–Kier alpha value is -1.34. The summed E-state index contributed by atoms with van der Waals surface area (Å²) in [5, 5.41) is 3.00. The summed E-state index contributed by atoms with van der Waals surface area (Å²) in [6, 6.07) is -0.469. The molecule has 15 heavy (non-hydrogen) atoms. The second kappa shape index (κ2) is 4.03. The van der Waals surface area contributed by atoms with Crippen LogP contribution < -0.4 is 5.32 Å². The minimum atomic E-state index is -0.565. The van der Waals surface area contributed by atoms with Crippen LogP contribution in [-0.4, -0.2) is 34.8 Å². The number of carbonyl (C=O) groups is 2. The van der Waals surface area contributed by atoms with Gasteiger partial charge in [-0.15, -0.1) is 6.42 Å². The zero-order valence-electron chi connectivity index (χ0n) is 9.33. The Balaban J connectivity index is 2.72. The number of nitrogens with zero attached hydrogens (tertiary/aromatic N) is 1. The molecule has 1 unspecified atom stereocenters. The Kier molecular flexibility index (Phi) is 3.15. The minimum absolute atomic E-state index is 0.132. The fourth-order valence-corrected chi connectivity index (χ4v) is 1.61. The molecule has 4 heteroatoms. The standard InChI is InChI=1S/C11H16N2O2/c1-5-11(3,4)12-8-7-9(14)13(6-2)10(8)15/h1,8,12H,6-7H2,2-4H3. The third kappa shape index (κ3) is 2.37. The van der Waals surface area contributed by atoms with E-state index in [1.165, 1.54) is 4.90 Å². The molecule has 1 rings (SSSR count). The van der Waals surface area contributed by atoms with Crippen LogP contribution in [0.5, 0.6) is 0 Å². The maximum atomic E-state index is 11.7. The molecular weight excluding hydrogens is 192 g/mol. The van der Waals surface area contributed by atoms with Crippen molar-refractivity contribution in [3.8, 4) is 12.3 Å². The molecule has 1 saturated heterocycles. The van der Waals surface area contributed by atoms with E-state index in [2.05, 4.69) is 11.2 Å². The first-order valence-electron chi connectivity index (χ1n) is 5.01. The molecule has 0 aromatic heterocycles. The molecule has 1 fully saturated rings. The number of likely N-dealkylation sites (tertiary alicyclic amines) is 1. The maximum Gasteiger partial charge on any atom is 0.246 e. The van der Waals surface area contributed by atoms with Gasteiger partial charge >= 0.3 is 0 Å². The van der Waals surface area contributed by atoms with Gasteiger partial charge in [0.1, 0.15) is 0 Å². The van der Waals surface area contributed by atoms with Crippen LogP contribution in [0.1, 0.15) is 27.2 Å². The van der Waals surface area contributed by atoms with Gasteiger partial charge in [-0.2, -0.15) is 0 Å².